The Bertz CT molecular complexity index is 503. The standard InChI is InChI=1S/C13H15N3/c1-10-7-13(10,14)11-8-15-16(9-11)12-5-3-2-4-6-12/h2-6,8-10H,7,14H2,1H3. The Morgan fingerprint density at radius 3 is 2.69 bits per heavy atom. The zero-order chi connectivity index (χ0) is 11.2. The van der Waals surface area contributed by atoms with Crippen LogP contribution in [-0.2, 0) is 5.54 Å². The normalized spacial score (nSPS) is 28.0. The molecule has 1 heterocycles. The molecular weight excluding hydrogens is 198 g/mol. The topological polar surface area (TPSA) is 43.8 Å². The van der Waals surface area contributed by atoms with Crippen molar-refractivity contribution in [3.63, 3.8) is 0 Å². The summed E-state index contributed by atoms with van der Waals surface area (Å²) < 4.78 is 1.88. The van der Waals surface area contributed by atoms with Gasteiger partial charge in [0.1, 0.15) is 0 Å². The highest BCUT2D eigenvalue weighted by molar-refractivity contribution is 5.34. The molecule has 2 unspecified atom stereocenters. The van der Waals surface area contributed by atoms with Crippen LogP contribution in [0, 0.1) is 5.92 Å². The Balaban J connectivity index is 1.95. The fourth-order valence-corrected chi connectivity index (χ4v) is 2.14. The summed E-state index contributed by atoms with van der Waals surface area (Å²) in [5, 5.41) is 4.36. The SMILES string of the molecule is CC1CC1(N)c1cnn(-c2ccccc2)c1. The molecule has 3 heteroatoms. The first-order chi connectivity index (χ1) is 7.70. The van der Waals surface area contributed by atoms with Gasteiger partial charge in [-0.15, -0.1) is 0 Å². The molecule has 0 bridgehead atoms. The lowest BCUT2D eigenvalue weighted by molar-refractivity contribution is 0.664. The zero-order valence-corrected chi connectivity index (χ0v) is 9.30. The van der Waals surface area contributed by atoms with Gasteiger partial charge < -0.3 is 5.73 Å². The van der Waals surface area contributed by atoms with E-state index in [1.54, 1.807) is 0 Å². The number of benzene rings is 1. The second-order valence-electron chi connectivity index (χ2n) is 4.65. The Morgan fingerprint density at radius 1 is 1.38 bits per heavy atom. The molecule has 82 valence electrons. The first kappa shape index (κ1) is 9.60. The molecule has 3 rings (SSSR count). The van der Waals surface area contributed by atoms with E-state index < -0.39 is 0 Å². The van der Waals surface area contributed by atoms with Gasteiger partial charge in [0.25, 0.3) is 0 Å². The van der Waals surface area contributed by atoms with Crippen LogP contribution in [0.1, 0.15) is 18.9 Å². The van der Waals surface area contributed by atoms with Crippen molar-refractivity contribution in [2.24, 2.45) is 11.7 Å². The first-order valence-electron chi connectivity index (χ1n) is 5.59. The molecule has 1 aliphatic rings. The van der Waals surface area contributed by atoms with Crippen LogP contribution in [0.15, 0.2) is 42.7 Å². The fourth-order valence-electron chi connectivity index (χ4n) is 2.14. The van der Waals surface area contributed by atoms with Crippen LogP contribution in [0.5, 0.6) is 0 Å². The van der Waals surface area contributed by atoms with Gasteiger partial charge >= 0.3 is 0 Å². The molecule has 1 fully saturated rings. The molecule has 0 spiro atoms. The average Bonchev–Trinajstić information content (AvgIpc) is 2.77. The zero-order valence-electron chi connectivity index (χ0n) is 9.30. The average molecular weight is 213 g/mol. The molecule has 0 aliphatic heterocycles. The van der Waals surface area contributed by atoms with Gasteiger partial charge in [-0.25, -0.2) is 4.68 Å². The van der Waals surface area contributed by atoms with Crippen molar-refractivity contribution >= 4 is 0 Å². The smallest absolute Gasteiger partial charge is 0.0645 e. The highest BCUT2D eigenvalue weighted by Crippen LogP contribution is 2.48. The third-order valence-electron chi connectivity index (χ3n) is 3.50. The highest BCUT2D eigenvalue weighted by atomic mass is 15.3. The summed E-state index contributed by atoms with van der Waals surface area (Å²) >= 11 is 0. The monoisotopic (exact) mass is 213 g/mol. The summed E-state index contributed by atoms with van der Waals surface area (Å²) in [4.78, 5) is 0. The third-order valence-corrected chi connectivity index (χ3v) is 3.50. The van der Waals surface area contributed by atoms with Crippen LogP contribution >= 0.6 is 0 Å². The molecule has 2 aromatic rings. The Hall–Kier alpha value is -1.61. The lowest BCUT2D eigenvalue weighted by Gasteiger charge is -2.05. The molecule has 1 aromatic heterocycles. The summed E-state index contributed by atoms with van der Waals surface area (Å²) in [5.41, 5.74) is 8.33. The minimum Gasteiger partial charge on any atom is -0.321 e. The maximum atomic E-state index is 6.25. The van der Waals surface area contributed by atoms with E-state index in [-0.39, 0.29) is 5.54 Å². The molecule has 1 saturated carbocycles. The maximum absolute atomic E-state index is 6.25. The molecule has 2 N–H and O–H groups in total. The first-order valence-corrected chi connectivity index (χ1v) is 5.59. The third kappa shape index (κ3) is 1.36. The number of nitrogens with zero attached hydrogens (tertiary/aromatic N) is 2. The number of nitrogens with two attached hydrogens (primary N) is 1. The molecular formula is C13H15N3. The molecule has 2 atom stereocenters. The van der Waals surface area contributed by atoms with E-state index in [4.69, 9.17) is 5.73 Å². The maximum Gasteiger partial charge on any atom is 0.0645 e. The van der Waals surface area contributed by atoms with Crippen molar-refractivity contribution < 1.29 is 0 Å². The van der Waals surface area contributed by atoms with Crippen LogP contribution in [-0.4, -0.2) is 9.78 Å². The minimum atomic E-state index is -0.132. The summed E-state index contributed by atoms with van der Waals surface area (Å²) in [5.74, 6) is 0.570. The number of rotatable bonds is 2. The van der Waals surface area contributed by atoms with Crippen LogP contribution in [0.2, 0.25) is 0 Å². The molecule has 1 aromatic carbocycles. The van der Waals surface area contributed by atoms with Crippen molar-refractivity contribution in [3.05, 3.63) is 48.3 Å². The van der Waals surface area contributed by atoms with Crippen molar-refractivity contribution in [1.29, 1.82) is 0 Å². The number of para-hydroxylation sites is 1. The second kappa shape index (κ2) is 3.19. The largest absolute Gasteiger partial charge is 0.321 e. The van der Waals surface area contributed by atoms with Crippen molar-refractivity contribution in [2.45, 2.75) is 18.9 Å². The number of hydrogen-bond acceptors (Lipinski definition) is 2. The van der Waals surface area contributed by atoms with Gasteiger partial charge in [0.05, 0.1) is 11.9 Å². The summed E-state index contributed by atoms with van der Waals surface area (Å²) in [7, 11) is 0. The van der Waals surface area contributed by atoms with E-state index in [1.807, 2.05) is 47.4 Å². The van der Waals surface area contributed by atoms with Crippen LogP contribution < -0.4 is 5.73 Å². The van der Waals surface area contributed by atoms with Gasteiger partial charge in [-0.1, -0.05) is 25.1 Å². The van der Waals surface area contributed by atoms with Crippen molar-refractivity contribution in [1.82, 2.24) is 9.78 Å². The predicted molar refractivity (Wildman–Crippen MR) is 63.2 cm³/mol. The van der Waals surface area contributed by atoms with Gasteiger partial charge in [-0.05, 0) is 24.5 Å². The lowest BCUT2D eigenvalue weighted by atomic mass is 10.1. The summed E-state index contributed by atoms with van der Waals surface area (Å²) in [6.45, 7) is 2.18. The highest BCUT2D eigenvalue weighted by Gasteiger charge is 2.49. The van der Waals surface area contributed by atoms with Gasteiger partial charge in [0, 0.05) is 17.3 Å². The second-order valence-corrected chi connectivity index (χ2v) is 4.65. The van der Waals surface area contributed by atoms with Crippen molar-refractivity contribution in [2.75, 3.05) is 0 Å². The molecule has 1 aliphatic carbocycles. The van der Waals surface area contributed by atoms with Crippen molar-refractivity contribution in [3.8, 4) is 5.69 Å². The van der Waals surface area contributed by atoms with E-state index in [2.05, 4.69) is 12.0 Å². The van der Waals surface area contributed by atoms with E-state index in [0.717, 1.165) is 17.7 Å². The van der Waals surface area contributed by atoms with E-state index >= 15 is 0 Å². The number of hydrogen-bond donors (Lipinski definition) is 1. The van der Waals surface area contributed by atoms with Gasteiger partial charge in [0.15, 0.2) is 0 Å². The lowest BCUT2D eigenvalue weighted by Crippen LogP contribution is -2.20. The molecule has 0 radical (unpaired) electrons. The Labute approximate surface area is 94.9 Å². The quantitative estimate of drug-likeness (QED) is 0.830. The summed E-state index contributed by atoms with van der Waals surface area (Å²) in [6.07, 6.45) is 4.99. The minimum absolute atomic E-state index is 0.132. The van der Waals surface area contributed by atoms with Gasteiger partial charge in [0.2, 0.25) is 0 Å². The van der Waals surface area contributed by atoms with Crippen LogP contribution in [0.4, 0.5) is 0 Å². The number of aromatic nitrogens is 2. The van der Waals surface area contributed by atoms with Gasteiger partial charge in [-0.3, -0.25) is 0 Å². The molecule has 16 heavy (non-hydrogen) atoms. The fraction of sp³-hybridized carbons (Fsp3) is 0.308. The Kier molecular flexibility index (Phi) is 1.91. The van der Waals surface area contributed by atoms with Crippen LogP contribution in [0.3, 0.4) is 0 Å². The molecule has 0 amide bonds. The predicted octanol–water partition coefficient (Wildman–Crippen LogP) is 2.07. The molecule has 3 nitrogen and oxygen atoms in total. The van der Waals surface area contributed by atoms with E-state index in [1.165, 1.54) is 0 Å². The summed E-state index contributed by atoms with van der Waals surface area (Å²) in [6, 6.07) is 10.1. The van der Waals surface area contributed by atoms with E-state index in [0.29, 0.717) is 5.92 Å². The Morgan fingerprint density at radius 2 is 2.06 bits per heavy atom. The molecule has 0 saturated heterocycles. The van der Waals surface area contributed by atoms with Gasteiger partial charge in [-0.2, -0.15) is 5.10 Å². The van der Waals surface area contributed by atoms with E-state index in [9.17, 15) is 0 Å². The van der Waals surface area contributed by atoms with Crippen LogP contribution in [0.25, 0.3) is 5.69 Å².